The number of nitrogens with zero attached hydrogens (tertiary/aromatic N) is 7. The summed E-state index contributed by atoms with van der Waals surface area (Å²) in [4.78, 5) is 70.0. The number of rotatable bonds is 8. The van der Waals surface area contributed by atoms with Gasteiger partial charge in [-0.3, -0.25) is 24.0 Å². The number of aromatic amines is 1. The molecule has 2 saturated heterocycles. The largest absolute Gasteiger partial charge is 0.438 e. The molecule has 3 aliphatic heterocycles. The number of carbonyl (C=O) groups is 2. The number of anilines is 1. The molecule has 0 bridgehead atoms. The fourth-order valence-electron chi connectivity index (χ4n) is 10.3. The van der Waals surface area contributed by atoms with E-state index in [1.807, 2.05) is 54.8 Å². The van der Waals surface area contributed by atoms with Crippen LogP contribution in [0.3, 0.4) is 0 Å². The van der Waals surface area contributed by atoms with Crippen molar-refractivity contribution in [1.82, 2.24) is 34.1 Å². The number of fused-ring (bicyclic) bond motifs is 2. The normalized spacial score (nSPS) is 22.1. The van der Waals surface area contributed by atoms with Crippen molar-refractivity contribution in [1.29, 1.82) is 0 Å². The molecule has 0 spiro atoms. The molecule has 10 rings (SSSR count). The first kappa shape index (κ1) is 39.8. The van der Waals surface area contributed by atoms with E-state index in [2.05, 4.69) is 35.3 Å². The summed E-state index contributed by atoms with van der Waals surface area (Å²) in [5.41, 5.74) is 4.16. The second-order valence-electron chi connectivity index (χ2n) is 17.5. The Balaban J connectivity index is 1.08. The molecule has 1 unspecified atom stereocenters. The van der Waals surface area contributed by atoms with Gasteiger partial charge in [0.2, 0.25) is 5.95 Å². The molecule has 15 heteroatoms. The molecular weight excluding hydrogens is 792 g/mol. The summed E-state index contributed by atoms with van der Waals surface area (Å²) in [6.45, 7) is 11.5. The van der Waals surface area contributed by atoms with Gasteiger partial charge in [-0.15, -0.1) is 0 Å². The number of urea groups is 1. The smallest absolute Gasteiger partial charge is 0.381 e. The zero-order chi connectivity index (χ0) is 43.2. The number of nitrogens with one attached hydrogen (secondary N) is 1. The van der Waals surface area contributed by atoms with E-state index in [9.17, 15) is 14.4 Å². The summed E-state index contributed by atoms with van der Waals surface area (Å²) in [7, 11) is 0. The number of amides is 3. The van der Waals surface area contributed by atoms with Crippen LogP contribution in [0.2, 0.25) is 0 Å². The van der Waals surface area contributed by atoms with Crippen molar-refractivity contribution in [2.24, 2.45) is 5.92 Å². The van der Waals surface area contributed by atoms with Crippen molar-refractivity contribution in [3.8, 4) is 5.69 Å². The molecule has 1 saturated carbocycles. The quantitative estimate of drug-likeness (QED) is 0.171. The van der Waals surface area contributed by atoms with Crippen LogP contribution < -0.4 is 16.2 Å². The average molecular weight is 841 g/mol. The van der Waals surface area contributed by atoms with E-state index in [4.69, 9.17) is 14.2 Å². The number of H-pyrrole nitrogens is 1. The lowest BCUT2D eigenvalue weighted by Crippen LogP contribution is -2.45. The highest BCUT2D eigenvalue weighted by molar-refractivity contribution is 6.00. The van der Waals surface area contributed by atoms with Gasteiger partial charge in [-0.25, -0.2) is 23.5 Å². The van der Waals surface area contributed by atoms with Crippen molar-refractivity contribution >= 4 is 28.8 Å². The van der Waals surface area contributed by atoms with Gasteiger partial charge in [-0.2, -0.15) is 0 Å². The lowest BCUT2D eigenvalue weighted by atomic mass is 9.91. The van der Waals surface area contributed by atoms with Gasteiger partial charge in [0.05, 0.1) is 23.5 Å². The number of halogens is 1. The third-order valence-corrected chi connectivity index (χ3v) is 13.9. The van der Waals surface area contributed by atoms with Crippen LogP contribution in [0, 0.1) is 25.6 Å². The van der Waals surface area contributed by atoms with E-state index < -0.39 is 17.3 Å². The minimum Gasteiger partial charge on any atom is -0.381 e. The maximum Gasteiger partial charge on any atom is 0.438 e. The number of aromatic nitrogens is 5. The van der Waals surface area contributed by atoms with Gasteiger partial charge in [0.25, 0.3) is 11.5 Å². The Bertz CT molecular complexity index is 2870. The summed E-state index contributed by atoms with van der Waals surface area (Å²) in [6.07, 6.45) is 2.65. The lowest BCUT2D eigenvalue weighted by Gasteiger charge is -2.36. The molecule has 4 aliphatic rings. The number of benzene rings is 3. The van der Waals surface area contributed by atoms with Gasteiger partial charge >= 0.3 is 11.8 Å². The second-order valence-corrected chi connectivity index (χ2v) is 17.5. The molecule has 6 heterocycles. The predicted octanol–water partition coefficient (Wildman–Crippen LogP) is 7.06. The zero-order valence-corrected chi connectivity index (χ0v) is 35.5. The van der Waals surface area contributed by atoms with Crippen LogP contribution in [0.15, 0.2) is 80.8 Å². The molecule has 3 fully saturated rings. The topological polar surface area (TPSA) is 152 Å². The van der Waals surface area contributed by atoms with Crippen LogP contribution in [0.1, 0.15) is 108 Å². The van der Waals surface area contributed by atoms with Gasteiger partial charge in [-0.1, -0.05) is 48.5 Å². The van der Waals surface area contributed by atoms with Crippen molar-refractivity contribution in [2.75, 3.05) is 37.7 Å². The molecule has 3 amide bonds. The first-order chi connectivity index (χ1) is 29.9. The third-order valence-electron chi connectivity index (χ3n) is 13.9. The standard InChI is InChI=1S/C47H49FN8O6/c1-26-21-35(22-27(2)39(26)48)55-41(57)36-13-16-52(30(5)40(36)49-44(55)54-18-17-53(46(54)60)29(4)31-9-7-6-8-10-31)42(58)38-24-34-23-33(32-14-19-61-20-15-32)11-12-37(34)56(38)47(25-28(47)3)43-50-45(59)62-51-43/h6-12,21-24,28-30,32H,13-20,25H2,1-5H3,(H,50,51,59)/t28-,29?,30-,47-/m0/s1. The minimum absolute atomic E-state index is 0.0173. The summed E-state index contributed by atoms with van der Waals surface area (Å²) in [5, 5.41) is 5.04. The average Bonchev–Trinajstić information content (AvgIpc) is 3.60. The zero-order valence-electron chi connectivity index (χ0n) is 35.5. The molecule has 3 aromatic carbocycles. The third kappa shape index (κ3) is 6.22. The molecule has 1 aliphatic carbocycles. The number of hydrogen-bond acceptors (Lipinski definition) is 8. The van der Waals surface area contributed by atoms with E-state index in [1.54, 1.807) is 35.8 Å². The molecule has 14 nitrogen and oxygen atoms in total. The molecular formula is C47H49FN8O6. The van der Waals surface area contributed by atoms with Crippen molar-refractivity contribution in [2.45, 2.75) is 83.8 Å². The number of aryl methyl sites for hydroxylation is 2. The Morgan fingerprint density at radius 1 is 0.952 bits per heavy atom. The minimum atomic E-state index is -0.834. The fourth-order valence-corrected chi connectivity index (χ4v) is 10.3. The maximum atomic E-state index is 15.3. The molecule has 3 aromatic heterocycles. The first-order valence-corrected chi connectivity index (χ1v) is 21.5. The van der Waals surface area contributed by atoms with Crippen LogP contribution in [0.4, 0.5) is 15.1 Å². The first-order valence-electron chi connectivity index (χ1n) is 21.5. The van der Waals surface area contributed by atoms with Gasteiger partial charge in [-0.05, 0) is 118 Å². The van der Waals surface area contributed by atoms with Gasteiger partial charge in [0, 0.05) is 49.3 Å². The fraction of sp³-hybridized carbons (Fsp3) is 0.404. The highest BCUT2D eigenvalue weighted by Gasteiger charge is 2.59. The maximum absolute atomic E-state index is 15.3. The predicted molar refractivity (Wildman–Crippen MR) is 229 cm³/mol. The van der Waals surface area contributed by atoms with Crippen LogP contribution in [-0.4, -0.2) is 78.8 Å². The summed E-state index contributed by atoms with van der Waals surface area (Å²) in [5.74, 6) is -0.486. The van der Waals surface area contributed by atoms with E-state index in [0.29, 0.717) is 71.7 Å². The van der Waals surface area contributed by atoms with Gasteiger partial charge in [0.15, 0.2) is 5.82 Å². The van der Waals surface area contributed by atoms with Crippen LogP contribution in [0.25, 0.3) is 16.6 Å². The van der Waals surface area contributed by atoms with E-state index in [0.717, 1.165) is 29.3 Å². The van der Waals surface area contributed by atoms with Crippen molar-refractivity contribution in [3.63, 3.8) is 0 Å². The molecule has 1 N–H and O–H groups in total. The van der Waals surface area contributed by atoms with Gasteiger partial charge < -0.3 is 19.1 Å². The molecule has 4 atom stereocenters. The Labute approximate surface area is 356 Å². The number of hydrogen-bond donors (Lipinski definition) is 1. The molecule has 320 valence electrons. The summed E-state index contributed by atoms with van der Waals surface area (Å²) in [6, 6.07) is 20.0. The highest BCUT2D eigenvalue weighted by atomic mass is 19.1. The SMILES string of the molecule is Cc1cc(-n2c(N3CCN(C(C)c4ccccc4)C3=O)nc3c(c2=O)CCN(C(=O)c2cc4cc(C5CCOCC5)ccc4n2[C@@]2(c4noc(=O)[nH]4)C[C@@H]2C)[C@H]3C)cc(C)c1F. The van der Waals surface area contributed by atoms with E-state index in [1.165, 1.54) is 15.0 Å². The second kappa shape index (κ2) is 14.9. The van der Waals surface area contributed by atoms with Crippen LogP contribution >= 0.6 is 0 Å². The highest BCUT2D eigenvalue weighted by Crippen LogP contribution is 2.56. The van der Waals surface area contributed by atoms with Crippen molar-refractivity contribution < 1.29 is 23.2 Å². The van der Waals surface area contributed by atoms with Gasteiger partial charge in [0.1, 0.15) is 17.1 Å². The van der Waals surface area contributed by atoms with Crippen LogP contribution in [-0.2, 0) is 16.7 Å². The molecule has 62 heavy (non-hydrogen) atoms. The molecule has 6 aromatic rings. The Morgan fingerprint density at radius 3 is 2.35 bits per heavy atom. The van der Waals surface area contributed by atoms with Crippen LogP contribution in [0.5, 0.6) is 0 Å². The number of ether oxygens (including phenoxy) is 1. The molecule has 0 radical (unpaired) electrons. The van der Waals surface area contributed by atoms with Crippen molar-refractivity contribution in [3.05, 3.63) is 138 Å². The number of carbonyl (C=O) groups excluding carboxylic acids is 2. The Morgan fingerprint density at radius 2 is 1.68 bits per heavy atom. The summed E-state index contributed by atoms with van der Waals surface area (Å²) < 4.78 is 29.1. The van der Waals surface area contributed by atoms with E-state index >= 15 is 9.18 Å². The Hall–Kier alpha value is -6.35. The monoisotopic (exact) mass is 840 g/mol. The lowest BCUT2D eigenvalue weighted by molar-refractivity contribution is 0.0658. The van der Waals surface area contributed by atoms with E-state index in [-0.39, 0.29) is 60.7 Å². The Kier molecular flexibility index (Phi) is 9.57. The summed E-state index contributed by atoms with van der Waals surface area (Å²) >= 11 is 0.